The second kappa shape index (κ2) is 4.77. The van der Waals surface area contributed by atoms with Crippen LogP contribution in [0.4, 0.5) is 0 Å². The number of carboxylic acid groups (broad SMARTS) is 1. The van der Waals surface area contributed by atoms with E-state index in [9.17, 15) is 4.79 Å². The van der Waals surface area contributed by atoms with Gasteiger partial charge in [0.25, 0.3) is 0 Å². The van der Waals surface area contributed by atoms with Crippen LogP contribution < -0.4 is 5.73 Å². The molecule has 0 aromatic heterocycles. The molecular weight excluding hydrogens is 178 g/mol. The molecule has 0 saturated carbocycles. The number of rotatable bonds is 4. The largest absolute Gasteiger partial charge is 0.481 e. The summed E-state index contributed by atoms with van der Waals surface area (Å²) in [7, 11) is 0. The molecule has 0 heterocycles. The van der Waals surface area contributed by atoms with E-state index in [2.05, 4.69) is 0 Å². The van der Waals surface area contributed by atoms with Gasteiger partial charge in [0.1, 0.15) is 0 Å². The van der Waals surface area contributed by atoms with E-state index in [1.807, 2.05) is 37.3 Å². The van der Waals surface area contributed by atoms with Crippen molar-refractivity contribution in [2.45, 2.75) is 25.3 Å². The van der Waals surface area contributed by atoms with Crippen LogP contribution in [0.2, 0.25) is 0 Å². The van der Waals surface area contributed by atoms with Crippen LogP contribution in [0.15, 0.2) is 30.3 Å². The molecule has 0 unspecified atom stereocenters. The van der Waals surface area contributed by atoms with Crippen LogP contribution in [-0.4, -0.2) is 17.1 Å². The Hall–Kier alpha value is -1.35. The Morgan fingerprint density at radius 3 is 2.43 bits per heavy atom. The fourth-order valence-electron chi connectivity index (χ4n) is 1.50. The Morgan fingerprint density at radius 1 is 1.43 bits per heavy atom. The van der Waals surface area contributed by atoms with E-state index in [0.29, 0.717) is 0 Å². The first kappa shape index (κ1) is 10.7. The summed E-state index contributed by atoms with van der Waals surface area (Å²) in [6.07, 6.45) is 0.0850. The molecule has 0 bridgehead atoms. The Kier molecular flexibility index (Phi) is 3.65. The second-order valence-electron chi connectivity index (χ2n) is 3.47. The van der Waals surface area contributed by atoms with Crippen molar-refractivity contribution in [2.24, 2.45) is 5.73 Å². The molecule has 14 heavy (non-hydrogen) atoms. The van der Waals surface area contributed by atoms with E-state index in [4.69, 9.17) is 10.8 Å². The molecule has 0 amide bonds. The molecule has 1 aromatic carbocycles. The van der Waals surface area contributed by atoms with Crippen molar-refractivity contribution >= 4 is 5.97 Å². The van der Waals surface area contributed by atoms with Crippen molar-refractivity contribution in [3.05, 3.63) is 35.9 Å². The van der Waals surface area contributed by atoms with Crippen LogP contribution in [0.1, 0.15) is 24.8 Å². The highest BCUT2D eigenvalue weighted by Crippen LogP contribution is 2.21. The van der Waals surface area contributed by atoms with Crippen molar-refractivity contribution in [1.82, 2.24) is 0 Å². The smallest absolute Gasteiger partial charge is 0.304 e. The van der Waals surface area contributed by atoms with E-state index < -0.39 is 5.97 Å². The van der Waals surface area contributed by atoms with Gasteiger partial charge in [-0.1, -0.05) is 30.3 Å². The summed E-state index contributed by atoms with van der Waals surface area (Å²) in [6.45, 7) is 1.83. The summed E-state index contributed by atoms with van der Waals surface area (Å²) in [5, 5.41) is 8.74. The fourth-order valence-corrected chi connectivity index (χ4v) is 1.50. The predicted molar refractivity (Wildman–Crippen MR) is 55.1 cm³/mol. The zero-order valence-electron chi connectivity index (χ0n) is 8.18. The first-order chi connectivity index (χ1) is 6.61. The number of carboxylic acids is 1. The van der Waals surface area contributed by atoms with Gasteiger partial charge in [-0.25, -0.2) is 0 Å². The molecule has 0 radical (unpaired) electrons. The summed E-state index contributed by atoms with van der Waals surface area (Å²) in [4.78, 5) is 10.6. The average molecular weight is 193 g/mol. The van der Waals surface area contributed by atoms with Gasteiger partial charge < -0.3 is 10.8 Å². The van der Waals surface area contributed by atoms with E-state index in [1.165, 1.54) is 0 Å². The molecule has 0 saturated heterocycles. The number of benzene rings is 1. The molecule has 0 spiro atoms. The predicted octanol–water partition coefficient (Wildman–Crippen LogP) is 1.59. The minimum absolute atomic E-state index is 0.0850. The fraction of sp³-hybridized carbons (Fsp3) is 0.364. The maximum atomic E-state index is 10.6. The molecule has 3 heteroatoms. The summed E-state index contributed by atoms with van der Waals surface area (Å²) in [6, 6.07) is 9.38. The first-order valence-corrected chi connectivity index (χ1v) is 4.63. The number of nitrogens with two attached hydrogens (primary N) is 1. The van der Waals surface area contributed by atoms with Crippen molar-refractivity contribution in [3.8, 4) is 0 Å². The third-order valence-electron chi connectivity index (χ3n) is 2.26. The van der Waals surface area contributed by atoms with Crippen LogP contribution >= 0.6 is 0 Å². The van der Waals surface area contributed by atoms with Crippen LogP contribution in [-0.2, 0) is 4.79 Å². The van der Waals surface area contributed by atoms with Gasteiger partial charge in [-0.15, -0.1) is 0 Å². The zero-order chi connectivity index (χ0) is 10.6. The van der Waals surface area contributed by atoms with E-state index >= 15 is 0 Å². The van der Waals surface area contributed by atoms with Gasteiger partial charge in [0, 0.05) is 12.0 Å². The number of hydrogen-bond donors (Lipinski definition) is 2. The number of carbonyl (C=O) groups is 1. The Balaban J connectivity index is 2.83. The zero-order valence-corrected chi connectivity index (χ0v) is 8.18. The van der Waals surface area contributed by atoms with Gasteiger partial charge in [0.05, 0.1) is 6.42 Å². The Morgan fingerprint density at radius 2 is 2.00 bits per heavy atom. The van der Waals surface area contributed by atoms with Gasteiger partial charge >= 0.3 is 5.97 Å². The number of aliphatic carboxylic acids is 1. The summed E-state index contributed by atoms with van der Waals surface area (Å²) >= 11 is 0. The average Bonchev–Trinajstić information content (AvgIpc) is 2.15. The van der Waals surface area contributed by atoms with Gasteiger partial charge in [-0.3, -0.25) is 4.79 Å². The topological polar surface area (TPSA) is 63.3 Å². The van der Waals surface area contributed by atoms with Crippen molar-refractivity contribution in [2.75, 3.05) is 0 Å². The molecule has 0 aliphatic carbocycles. The van der Waals surface area contributed by atoms with Crippen LogP contribution in [0.25, 0.3) is 0 Å². The highest BCUT2D eigenvalue weighted by Gasteiger charge is 2.18. The van der Waals surface area contributed by atoms with Crippen LogP contribution in [0, 0.1) is 0 Å². The maximum absolute atomic E-state index is 10.6. The van der Waals surface area contributed by atoms with Crippen molar-refractivity contribution < 1.29 is 9.90 Å². The minimum atomic E-state index is -0.809. The van der Waals surface area contributed by atoms with Gasteiger partial charge in [0.15, 0.2) is 0 Å². The molecule has 0 aliphatic heterocycles. The van der Waals surface area contributed by atoms with Crippen LogP contribution in [0.5, 0.6) is 0 Å². The third-order valence-corrected chi connectivity index (χ3v) is 2.26. The van der Waals surface area contributed by atoms with E-state index in [1.54, 1.807) is 0 Å². The molecule has 0 fully saturated rings. The van der Waals surface area contributed by atoms with E-state index in [-0.39, 0.29) is 18.4 Å². The second-order valence-corrected chi connectivity index (χ2v) is 3.47. The molecule has 3 N–H and O–H groups in total. The van der Waals surface area contributed by atoms with Gasteiger partial charge in [0.2, 0.25) is 0 Å². The highest BCUT2D eigenvalue weighted by atomic mass is 16.4. The monoisotopic (exact) mass is 193 g/mol. The molecule has 76 valence electrons. The van der Waals surface area contributed by atoms with Crippen LogP contribution in [0.3, 0.4) is 0 Å². The lowest BCUT2D eigenvalue weighted by molar-refractivity contribution is -0.137. The SMILES string of the molecule is C[C@@H](N)[C@@H](CC(=O)O)c1ccccc1. The molecule has 1 rings (SSSR count). The summed E-state index contributed by atoms with van der Waals surface area (Å²) in [5.74, 6) is -0.912. The summed E-state index contributed by atoms with van der Waals surface area (Å²) in [5.41, 5.74) is 6.74. The van der Waals surface area contributed by atoms with E-state index in [0.717, 1.165) is 5.56 Å². The maximum Gasteiger partial charge on any atom is 0.304 e. The molecule has 2 atom stereocenters. The van der Waals surface area contributed by atoms with Crippen molar-refractivity contribution in [3.63, 3.8) is 0 Å². The lowest BCUT2D eigenvalue weighted by Crippen LogP contribution is -2.26. The molecule has 0 aliphatic rings. The Labute approximate surface area is 83.6 Å². The standard InChI is InChI=1S/C11H15NO2/c1-8(12)10(7-11(13)14)9-5-3-2-4-6-9/h2-6,8,10H,7,12H2,1H3,(H,13,14)/t8-,10-/m1/s1. The lowest BCUT2D eigenvalue weighted by atomic mass is 9.90. The molecule has 3 nitrogen and oxygen atoms in total. The molecular formula is C11H15NO2. The molecule has 1 aromatic rings. The Bertz CT molecular complexity index is 295. The minimum Gasteiger partial charge on any atom is -0.481 e. The lowest BCUT2D eigenvalue weighted by Gasteiger charge is -2.18. The quantitative estimate of drug-likeness (QED) is 0.763. The summed E-state index contributed by atoms with van der Waals surface area (Å²) < 4.78 is 0. The first-order valence-electron chi connectivity index (χ1n) is 4.63. The normalized spacial score (nSPS) is 14.7. The third kappa shape index (κ3) is 2.85. The van der Waals surface area contributed by atoms with Gasteiger partial charge in [-0.05, 0) is 12.5 Å². The number of hydrogen-bond acceptors (Lipinski definition) is 2. The van der Waals surface area contributed by atoms with Gasteiger partial charge in [-0.2, -0.15) is 0 Å². The highest BCUT2D eigenvalue weighted by molar-refractivity contribution is 5.68. The van der Waals surface area contributed by atoms with Crippen molar-refractivity contribution in [1.29, 1.82) is 0 Å².